The highest BCUT2D eigenvalue weighted by Crippen LogP contribution is 2.11. The Labute approximate surface area is 101 Å². The first-order chi connectivity index (χ1) is 7.50. The fraction of sp³-hybridized carbons (Fsp3) is 0.455. The number of hydrogen-bond acceptors (Lipinski definition) is 3. The Kier molecular flexibility index (Phi) is 4.49. The summed E-state index contributed by atoms with van der Waals surface area (Å²) in [5.74, 6) is 0.827. The van der Waals surface area contributed by atoms with Crippen LogP contribution in [0.5, 0.6) is 0 Å². The van der Waals surface area contributed by atoms with Gasteiger partial charge in [-0.1, -0.05) is 17.3 Å². The van der Waals surface area contributed by atoms with E-state index in [1.807, 2.05) is 20.8 Å². The average molecular weight is 239 g/mol. The van der Waals surface area contributed by atoms with E-state index in [9.17, 15) is 0 Å². The van der Waals surface area contributed by atoms with Gasteiger partial charge in [0.2, 0.25) is 0 Å². The van der Waals surface area contributed by atoms with E-state index in [1.54, 1.807) is 0 Å². The van der Waals surface area contributed by atoms with E-state index in [1.165, 1.54) is 0 Å². The van der Waals surface area contributed by atoms with Crippen LogP contribution in [0.4, 0.5) is 0 Å². The van der Waals surface area contributed by atoms with Crippen molar-refractivity contribution in [3.63, 3.8) is 0 Å². The van der Waals surface area contributed by atoms with E-state index in [0.717, 1.165) is 22.6 Å². The van der Waals surface area contributed by atoms with E-state index in [2.05, 4.69) is 22.4 Å². The SMILES string of the molecule is C=C(C)CNC(=S)NCc1c(C)noc1C. The maximum absolute atomic E-state index is 5.12. The molecule has 0 fully saturated rings. The van der Waals surface area contributed by atoms with Gasteiger partial charge in [0.1, 0.15) is 5.76 Å². The Bertz CT molecular complexity index is 378. The van der Waals surface area contributed by atoms with Crippen molar-refractivity contribution in [2.24, 2.45) is 0 Å². The fourth-order valence-corrected chi connectivity index (χ4v) is 1.36. The smallest absolute Gasteiger partial charge is 0.166 e. The summed E-state index contributed by atoms with van der Waals surface area (Å²) in [5, 5.41) is 10.6. The molecule has 1 rings (SSSR count). The molecule has 0 bridgehead atoms. The summed E-state index contributed by atoms with van der Waals surface area (Å²) >= 11 is 5.12. The zero-order chi connectivity index (χ0) is 12.1. The van der Waals surface area contributed by atoms with E-state index >= 15 is 0 Å². The molecule has 0 aliphatic rings. The number of nitrogens with zero attached hydrogens (tertiary/aromatic N) is 1. The minimum atomic E-state index is 0.614. The monoisotopic (exact) mass is 239 g/mol. The molecular weight excluding hydrogens is 222 g/mol. The van der Waals surface area contributed by atoms with E-state index in [0.29, 0.717) is 18.2 Å². The van der Waals surface area contributed by atoms with Crippen molar-refractivity contribution in [3.05, 3.63) is 29.2 Å². The van der Waals surface area contributed by atoms with Crippen LogP contribution in [0, 0.1) is 13.8 Å². The molecule has 0 spiro atoms. The molecule has 1 aromatic heterocycles. The minimum Gasteiger partial charge on any atom is -0.361 e. The van der Waals surface area contributed by atoms with Gasteiger partial charge >= 0.3 is 0 Å². The second-order valence-corrected chi connectivity index (χ2v) is 4.20. The quantitative estimate of drug-likeness (QED) is 0.620. The van der Waals surface area contributed by atoms with Gasteiger partial charge in [0.05, 0.1) is 5.69 Å². The van der Waals surface area contributed by atoms with Gasteiger partial charge in [0.25, 0.3) is 0 Å². The van der Waals surface area contributed by atoms with Crippen molar-refractivity contribution >= 4 is 17.3 Å². The summed E-state index contributed by atoms with van der Waals surface area (Å²) in [5.41, 5.74) is 2.99. The van der Waals surface area contributed by atoms with Crippen LogP contribution in [0.15, 0.2) is 16.7 Å². The fourth-order valence-electron chi connectivity index (χ4n) is 1.22. The van der Waals surface area contributed by atoms with Crippen LogP contribution in [-0.4, -0.2) is 16.8 Å². The third kappa shape index (κ3) is 3.66. The Morgan fingerprint density at radius 2 is 2.12 bits per heavy atom. The highest BCUT2D eigenvalue weighted by molar-refractivity contribution is 7.80. The third-order valence-corrected chi connectivity index (χ3v) is 2.45. The summed E-state index contributed by atoms with van der Waals surface area (Å²) in [7, 11) is 0. The van der Waals surface area contributed by atoms with E-state index < -0.39 is 0 Å². The van der Waals surface area contributed by atoms with Gasteiger partial charge in [0, 0.05) is 18.7 Å². The minimum absolute atomic E-state index is 0.614. The van der Waals surface area contributed by atoms with E-state index in [4.69, 9.17) is 16.7 Å². The normalized spacial score (nSPS) is 9.94. The zero-order valence-electron chi connectivity index (χ0n) is 9.89. The maximum Gasteiger partial charge on any atom is 0.166 e. The first-order valence-electron chi connectivity index (χ1n) is 5.08. The van der Waals surface area contributed by atoms with Crippen LogP contribution in [0.1, 0.15) is 23.9 Å². The van der Waals surface area contributed by atoms with Crippen molar-refractivity contribution in [2.75, 3.05) is 6.54 Å². The lowest BCUT2D eigenvalue weighted by Gasteiger charge is -2.09. The lowest BCUT2D eigenvalue weighted by molar-refractivity contribution is 0.392. The van der Waals surface area contributed by atoms with Gasteiger partial charge in [-0.3, -0.25) is 0 Å². The van der Waals surface area contributed by atoms with Crippen LogP contribution < -0.4 is 10.6 Å². The molecule has 0 aliphatic heterocycles. The Hall–Kier alpha value is -1.36. The number of hydrogen-bond donors (Lipinski definition) is 2. The number of aromatic nitrogens is 1. The predicted octanol–water partition coefficient (Wildman–Crippen LogP) is 1.83. The molecule has 0 radical (unpaired) electrons. The lowest BCUT2D eigenvalue weighted by Crippen LogP contribution is -2.35. The molecule has 5 heteroatoms. The van der Waals surface area contributed by atoms with Crippen molar-refractivity contribution < 1.29 is 4.52 Å². The number of rotatable bonds is 4. The number of nitrogens with one attached hydrogen (secondary N) is 2. The van der Waals surface area contributed by atoms with Crippen molar-refractivity contribution in [2.45, 2.75) is 27.3 Å². The summed E-state index contributed by atoms with van der Waals surface area (Å²) in [6.07, 6.45) is 0. The Morgan fingerprint density at radius 3 is 2.62 bits per heavy atom. The molecule has 0 atom stereocenters. The molecule has 88 valence electrons. The molecule has 1 aromatic rings. The third-order valence-electron chi connectivity index (χ3n) is 2.16. The molecule has 4 nitrogen and oxygen atoms in total. The van der Waals surface area contributed by atoms with Gasteiger partial charge in [0.15, 0.2) is 5.11 Å². The average Bonchev–Trinajstić information content (AvgIpc) is 2.53. The Balaban J connectivity index is 2.40. The molecule has 0 saturated carbocycles. The van der Waals surface area contributed by atoms with Gasteiger partial charge in [-0.2, -0.15) is 0 Å². The summed E-state index contributed by atoms with van der Waals surface area (Å²) in [6.45, 7) is 10.9. The molecule has 16 heavy (non-hydrogen) atoms. The zero-order valence-corrected chi connectivity index (χ0v) is 10.7. The second kappa shape index (κ2) is 5.65. The van der Waals surface area contributed by atoms with Crippen LogP contribution in [0.3, 0.4) is 0 Å². The molecule has 0 unspecified atom stereocenters. The van der Waals surface area contributed by atoms with Crippen LogP contribution >= 0.6 is 12.2 Å². The summed E-state index contributed by atoms with van der Waals surface area (Å²) < 4.78 is 5.06. The topological polar surface area (TPSA) is 50.1 Å². The standard InChI is InChI=1S/C11H17N3OS/c1-7(2)5-12-11(16)13-6-10-8(3)14-15-9(10)4/h1,5-6H2,2-4H3,(H2,12,13,16). The maximum atomic E-state index is 5.12. The largest absolute Gasteiger partial charge is 0.361 e. The van der Waals surface area contributed by atoms with E-state index in [-0.39, 0.29) is 0 Å². The molecular formula is C11H17N3OS. The lowest BCUT2D eigenvalue weighted by atomic mass is 10.2. The van der Waals surface area contributed by atoms with Gasteiger partial charge < -0.3 is 15.2 Å². The van der Waals surface area contributed by atoms with Crippen LogP contribution in [-0.2, 0) is 6.54 Å². The first kappa shape index (κ1) is 12.7. The van der Waals surface area contributed by atoms with Crippen molar-refractivity contribution in [3.8, 4) is 0 Å². The van der Waals surface area contributed by atoms with Crippen LogP contribution in [0.25, 0.3) is 0 Å². The molecule has 0 aliphatic carbocycles. The summed E-state index contributed by atoms with van der Waals surface area (Å²) in [4.78, 5) is 0. The predicted molar refractivity (Wildman–Crippen MR) is 68.2 cm³/mol. The van der Waals surface area contributed by atoms with Gasteiger partial charge in [-0.15, -0.1) is 0 Å². The van der Waals surface area contributed by atoms with Crippen molar-refractivity contribution in [1.82, 2.24) is 15.8 Å². The molecule has 0 amide bonds. The molecule has 0 aromatic carbocycles. The number of aryl methyl sites for hydroxylation is 2. The second-order valence-electron chi connectivity index (χ2n) is 3.80. The van der Waals surface area contributed by atoms with Gasteiger partial charge in [-0.05, 0) is 33.0 Å². The van der Waals surface area contributed by atoms with Crippen LogP contribution in [0.2, 0.25) is 0 Å². The number of thiocarbonyl (C=S) groups is 1. The van der Waals surface area contributed by atoms with Crippen molar-refractivity contribution in [1.29, 1.82) is 0 Å². The highest BCUT2D eigenvalue weighted by Gasteiger charge is 2.08. The summed E-state index contributed by atoms with van der Waals surface area (Å²) in [6, 6.07) is 0. The first-order valence-corrected chi connectivity index (χ1v) is 5.49. The molecule has 1 heterocycles. The Morgan fingerprint density at radius 1 is 1.44 bits per heavy atom. The molecule has 2 N–H and O–H groups in total. The highest BCUT2D eigenvalue weighted by atomic mass is 32.1. The van der Waals surface area contributed by atoms with Gasteiger partial charge in [-0.25, -0.2) is 0 Å². The molecule has 0 saturated heterocycles.